The Morgan fingerprint density at radius 1 is 1.05 bits per heavy atom. The second-order valence-electron chi connectivity index (χ2n) is 6.05. The average Bonchev–Trinajstić information content (AvgIpc) is 2.55. The fourth-order valence-electron chi connectivity index (χ4n) is 3.23. The summed E-state index contributed by atoms with van der Waals surface area (Å²) < 4.78 is 0. The summed E-state index contributed by atoms with van der Waals surface area (Å²) in [6.45, 7) is 2.11. The Hall–Kier alpha value is -2.09. The van der Waals surface area contributed by atoms with Crippen LogP contribution in [0.1, 0.15) is 42.0 Å². The first-order valence-electron chi connectivity index (χ1n) is 8.24. The fraction of sp³-hybridized carbons (Fsp3) is 0.350. The molecule has 0 heterocycles. The van der Waals surface area contributed by atoms with Gasteiger partial charge in [-0.25, -0.2) is 0 Å². The highest BCUT2D eigenvalue weighted by molar-refractivity contribution is 5.93. The lowest BCUT2D eigenvalue weighted by Gasteiger charge is -2.16. The molecule has 0 bridgehead atoms. The van der Waals surface area contributed by atoms with E-state index in [0.717, 1.165) is 24.1 Å². The number of para-hydroxylation sites is 1. The van der Waals surface area contributed by atoms with E-state index in [1.54, 1.807) is 0 Å². The summed E-state index contributed by atoms with van der Waals surface area (Å²) in [6, 6.07) is 14.6. The molecule has 2 aromatic rings. The van der Waals surface area contributed by atoms with Gasteiger partial charge in [0.2, 0.25) is 5.91 Å². The molecule has 0 fully saturated rings. The molecule has 0 atom stereocenters. The molecular formula is C20H23NO. The van der Waals surface area contributed by atoms with Crippen LogP contribution in [-0.2, 0) is 30.5 Å². The molecule has 2 heteroatoms. The van der Waals surface area contributed by atoms with Crippen LogP contribution in [-0.4, -0.2) is 5.91 Å². The largest absolute Gasteiger partial charge is 0.326 e. The van der Waals surface area contributed by atoms with E-state index >= 15 is 0 Å². The highest BCUT2D eigenvalue weighted by Gasteiger charge is 2.11. The van der Waals surface area contributed by atoms with Gasteiger partial charge in [-0.3, -0.25) is 4.79 Å². The van der Waals surface area contributed by atoms with E-state index in [4.69, 9.17) is 0 Å². The zero-order valence-corrected chi connectivity index (χ0v) is 13.2. The normalized spacial score (nSPS) is 13.5. The van der Waals surface area contributed by atoms with Crippen LogP contribution >= 0.6 is 0 Å². The number of hydrogen-bond donors (Lipinski definition) is 1. The third-order valence-electron chi connectivity index (χ3n) is 4.45. The van der Waals surface area contributed by atoms with Crippen LogP contribution in [0.5, 0.6) is 0 Å². The minimum Gasteiger partial charge on any atom is -0.326 e. The molecule has 3 rings (SSSR count). The Bertz CT molecular complexity index is 675. The molecule has 0 unspecified atom stereocenters. The Labute approximate surface area is 132 Å². The first-order valence-corrected chi connectivity index (χ1v) is 8.24. The van der Waals surface area contributed by atoms with Crippen molar-refractivity contribution < 1.29 is 4.79 Å². The lowest BCUT2D eigenvalue weighted by atomic mass is 9.90. The summed E-state index contributed by atoms with van der Waals surface area (Å²) in [7, 11) is 0. The van der Waals surface area contributed by atoms with E-state index in [-0.39, 0.29) is 5.91 Å². The number of carbonyl (C=O) groups excluding carboxylic acids is 1. The van der Waals surface area contributed by atoms with Crippen molar-refractivity contribution in [3.63, 3.8) is 0 Å². The number of aryl methyl sites for hydroxylation is 3. The third-order valence-corrected chi connectivity index (χ3v) is 4.45. The van der Waals surface area contributed by atoms with Gasteiger partial charge in [-0.1, -0.05) is 43.3 Å². The van der Waals surface area contributed by atoms with E-state index in [1.807, 2.05) is 18.2 Å². The van der Waals surface area contributed by atoms with Crippen LogP contribution in [0.2, 0.25) is 0 Å². The monoisotopic (exact) mass is 293 g/mol. The highest BCUT2D eigenvalue weighted by atomic mass is 16.1. The first kappa shape index (κ1) is 14.8. The number of benzene rings is 2. The summed E-state index contributed by atoms with van der Waals surface area (Å²) in [6.07, 6.45) is 6.28. The maximum atomic E-state index is 12.3. The summed E-state index contributed by atoms with van der Waals surface area (Å²) >= 11 is 0. The molecular weight excluding hydrogens is 270 g/mol. The van der Waals surface area contributed by atoms with Crippen LogP contribution in [0.25, 0.3) is 0 Å². The van der Waals surface area contributed by atoms with E-state index in [2.05, 4.69) is 36.5 Å². The molecule has 0 saturated heterocycles. The molecule has 2 nitrogen and oxygen atoms in total. The maximum Gasteiger partial charge on any atom is 0.228 e. The molecule has 0 radical (unpaired) electrons. The zero-order valence-electron chi connectivity index (χ0n) is 13.2. The summed E-state index contributed by atoms with van der Waals surface area (Å²) in [4.78, 5) is 12.3. The van der Waals surface area contributed by atoms with Gasteiger partial charge < -0.3 is 5.32 Å². The molecule has 1 aliphatic carbocycles. The number of anilines is 1. The standard InChI is InChI=1S/C20H23NO/c1-2-16-7-5-6-10-19(16)21-20(22)14-15-11-12-17-8-3-4-9-18(17)13-15/h5-7,10-13H,2-4,8-9,14H2,1H3,(H,21,22). The minimum atomic E-state index is 0.0664. The SMILES string of the molecule is CCc1ccccc1NC(=O)Cc1ccc2c(c1)CCCC2. The van der Waals surface area contributed by atoms with Gasteiger partial charge in [0.1, 0.15) is 0 Å². The molecule has 0 aromatic heterocycles. The van der Waals surface area contributed by atoms with Gasteiger partial charge in [-0.2, -0.15) is 0 Å². The van der Waals surface area contributed by atoms with Crippen molar-refractivity contribution in [1.29, 1.82) is 0 Å². The van der Waals surface area contributed by atoms with Gasteiger partial charge in [0, 0.05) is 5.69 Å². The van der Waals surface area contributed by atoms with Gasteiger partial charge in [-0.05, 0) is 60.4 Å². The van der Waals surface area contributed by atoms with Crippen molar-refractivity contribution in [3.05, 3.63) is 64.7 Å². The maximum absolute atomic E-state index is 12.3. The highest BCUT2D eigenvalue weighted by Crippen LogP contribution is 2.23. The third kappa shape index (κ3) is 3.38. The first-order chi connectivity index (χ1) is 10.8. The van der Waals surface area contributed by atoms with Crippen molar-refractivity contribution in [2.24, 2.45) is 0 Å². The van der Waals surface area contributed by atoms with Crippen LogP contribution < -0.4 is 5.32 Å². The number of carbonyl (C=O) groups is 1. The Morgan fingerprint density at radius 3 is 2.64 bits per heavy atom. The van der Waals surface area contributed by atoms with E-state index in [9.17, 15) is 4.79 Å². The number of fused-ring (bicyclic) bond motifs is 1. The Balaban J connectivity index is 1.69. The minimum absolute atomic E-state index is 0.0664. The van der Waals surface area contributed by atoms with Gasteiger partial charge in [0.25, 0.3) is 0 Å². The summed E-state index contributed by atoms with van der Waals surface area (Å²) in [5.41, 5.74) is 6.14. The topological polar surface area (TPSA) is 29.1 Å². The second kappa shape index (κ2) is 6.78. The molecule has 114 valence electrons. The molecule has 22 heavy (non-hydrogen) atoms. The Kier molecular flexibility index (Phi) is 4.57. The number of nitrogens with one attached hydrogen (secondary N) is 1. The van der Waals surface area contributed by atoms with E-state index < -0.39 is 0 Å². The van der Waals surface area contributed by atoms with Gasteiger partial charge in [0.05, 0.1) is 6.42 Å². The smallest absolute Gasteiger partial charge is 0.228 e. The average molecular weight is 293 g/mol. The van der Waals surface area contributed by atoms with Crippen molar-refractivity contribution in [2.45, 2.75) is 45.4 Å². The van der Waals surface area contributed by atoms with Crippen LogP contribution in [0.15, 0.2) is 42.5 Å². The van der Waals surface area contributed by atoms with Crippen LogP contribution in [0.3, 0.4) is 0 Å². The zero-order chi connectivity index (χ0) is 15.4. The molecule has 1 amide bonds. The lowest BCUT2D eigenvalue weighted by Crippen LogP contribution is -2.16. The van der Waals surface area contributed by atoms with Gasteiger partial charge >= 0.3 is 0 Å². The molecule has 0 spiro atoms. The van der Waals surface area contributed by atoms with Gasteiger partial charge in [0.15, 0.2) is 0 Å². The molecule has 0 aliphatic heterocycles. The summed E-state index contributed by atoms with van der Waals surface area (Å²) in [5, 5.41) is 3.05. The quantitative estimate of drug-likeness (QED) is 0.894. The molecule has 2 aromatic carbocycles. The van der Waals surface area contributed by atoms with Crippen LogP contribution in [0.4, 0.5) is 5.69 Å². The van der Waals surface area contributed by atoms with Crippen molar-refractivity contribution in [2.75, 3.05) is 5.32 Å². The predicted molar refractivity (Wildman–Crippen MR) is 91.2 cm³/mol. The molecule has 1 aliphatic rings. The van der Waals surface area contributed by atoms with Crippen molar-refractivity contribution in [3.8, 4) is 0 Å². The Morgan fingerprint density at radius 2 is 1.82 bits per heavy atom. The molecule has 0 saturated carbocycles. The van der Waals surface area contributed by atoms with Crippen LogP contribution in [0, 0.1) is 0 Å². The second-order valence-corrected chi connectivity index (χ2v) is 6.05. The predicted octanol–water partition coefficient (Wildman–Crippen LogP) is 4.31. The van der Waals surface area contributed by atoms with Crippen molar-refractivity contribution >= 4 is 11.6 Å². The summed E-state index contributed by atoms with van der Waals surface area (Å²) in [5.74, 6) is 0.0664. The number of hydrogen-bond acceptors (Lipinski definition) is 1. The van der Waals surface area contributed by atoms with E-state index in [1.165, 1.54) is 36.0 Å². The lowest BCUT2D eigenvalue weighted by molar-refractivity contribution is -0.115. The number of amides is 1. The van der Waals surface area contributed by atoms with E-state index in [0.29, 0.717) is 6.42 Å². The van der Waals surface area contributed by atoms with Gasteiger partial charge in [-0.15, -0.1) is 0 Å². The van der Waals surface area contributed by atoms with Crippen molar-refractivity contribution in [1.82, 2.24) is 0 Å². The number of rotatable bonds is 4. The fourth-order valence-corrected chi connectivity index (χ4v) is 3.23. The molecule has 1 N–H and O–H groups in total.